The molecule has 2 rings (SSSR count). The number of nitrogens with zero attached hydrogens (tertiary/aromatic N) is 2. The Labute approximate surface area is 155 Å². The summed E-state index contributed by atoms with van der Waals surface area (Å²) in [5.41, 5.74) is 0. The van der Waals surface area contributed by atoms with E-state index in [1.165, 1.54) is 0 Å². The molecule has 8 nitrogen and oxygen atoms in total. The molecule has 3 unspecified atom stereocenters. The smallest absolute Gasteiger partial charge is 0.338 e. The molecule has 0 saturated carbocycles. The molecule has 3 atom stereocenters. The maximum Gasteiger partial charge on any atom is 0.338 e. The van der Waals surface area contributed by atoms with Gasteiger partial charge in [0.25, 0.3) is 5.91 Å². The number of ether oxygens (including phenoxy) is 2. The van der Waals surface area contributed by atoms with Gasteiger partial charge in [-0.05, 0) is 25.8 Å². The van der Waals surface area contributed by atoms with E-state index in [2.05, 4.69) is 17.1 Å². The van der Waals surface area contributed by atoms with E-state index in [9.17, 15) is 14.4 Å². The Hall–Kier alpha value is -1.67. The van der Waals surface area contributed by atoms with Crippen LogP contribution < -0.4 is 5.32 Å². The second kappa shape index (κ2) is 9.32. The van der Waals surface area contributed by atoms with Crippen LogP contribution in [0.4, 0.5) is 0 Å². The molecule has 0 spiro atoms. The highest BCUT2D eigenvalue weighted by Crippen LogP contribution is 2.24. The van der Waals surface area contributed by atoms with E-state index >= 15 is 0 Å². The first kappa shape index (κ1) is 20.6. The van der Waals surface area contributed by atoms with Gasteiger partial charge in [0.1, 0.15) is 6.04 Å². The molecule has 0 aromatic heterocycles. The first-order valence-electron chi connectivity index (χ1n) is 9.50. The highest BCUT2D eigenvalue weighted by atomic mass is 16.6. The van der Waals surface area contributed by atoms with Crippen molar-refractivity contribution in [1.82, 2.24) is 15.1 Å². The predicted octanol–water partition coefficient (Wildman–Crippen LogP) is 0.0119. The summed E-state index contributed by atoms with van der Waals surface area (Å²) in [6, 6.07) is -0.595. The summed E-state index contributed by atoms with van der Waals surface area (Å²) in [5, 5.41) is 2.78. The number of hydrogen-bond donors (Lipinski definition) is 1. The summed E-state index contributed by atoms with van der Waals surface area (Å²) in [5.74, 6) is -0.761. The van der Waals surface area contributed by atoms with Crippen LogP contribution in [0.3, 0.4) is 0 Å². The molecule has 0 radical (unpaired) electrons. The zero-order valence-corrected chi connectivity index (χ0v) is 16.2. The highest BCUT2D eigenvalue weighted by Gasteiger charge is 2.52. The lowest BCUT2D eigenvalue weighted by Gasteiger charge is -2.36. The third-order valence-electron chi connectivity index (χ3n) is 4.72. The first-order valence-corrected chi connectivity index (χ1v) is 9.50. The number of rotatable bonds is 8. The molecule has 0 aliphatic carbocycles. The van der Waals surface area contributed by atoms with Crippen LogP contribution in [-0.2, 0) is 23.9 Å². The lowest BCUT2D eigenvalue weighted by atomic mass is 10.0. The second-order valence-corrected chi connectivity index (χ2v) is 7.18. The van der Waals surface area contributed by atoms with Gasteiger partial charge in [0, 0.05) is 26.2 Å². The molecular weight excluding hydrogens is 338 g/mol. The van der Waals surface area contributed by atoms with E-state index in [-0.39, 0.29) is 18.4 Å². The van der Waals surface area contributed by atoms with Crippen LogP contribution in [0.15, 0.2) is 0 Å². The lowest BCUT2D eigenvalue weighted by molar-refractivity contribution is -0.144. The maximum absolute atomic E-state index is 12.9. The molecule has 2 aliphatic rings. The van der Waals surface area contributed by atoms with Crippen molar-refractivity contribution < 1.29 is 23.9 Å². The average molecular weight is 369 g/mol. The Kier molecular flexibility index (Phi) is 7.40. The molecule has 8 heteroatoms. The predicted molar refractivity (Wildman–Crippen MR) is 95.4 cm³/mol. The van der Waals surface area contributed by atoms with Gasteiger partial charge in [-0.1, -0.05) is 20.8 Å². The topological polar surface area (TPSA) is 91.5 Å². The minimum absolute atomic E-state index is 0.0591. The summed E-state index contributed by atoms with van der Waals surface area (Å²) in [7, 11) is 0. The van der Waals surface area contributed by atoms with E-state index in [4.69, 9.17) is 9.47 Å². The fraction of sp³-hybridized carbons (Fsp3) is 0.833. The number of amides is 2. The number of esters is 1. The number of carbonyl (C=O) groups excluding carboxylic acids is 3. The third kappa shape index (κ3) is 5.41. The van der Waals surface area contributed by atoms with Crippen molar-refractivity contribution in [3.05, 3.63) is 0 Å². The van der Waals surface area contributed by atoms with Gasteiger partial charge in [-0.3, -0.25) is 9.59 Å². The minimum Gasteiger partial charge on any atom is -0.464 e. The van der Waals surface area contributed by atoms with Gasteiger partial charge in [0.2, 0.25) is 5.91 Å². The van der Waals surface area contributed by atoms with Crippen molar-refractivity contribution in [2.24, 2.45) is 5.92 Å². The van der Waals surface area contributed by atoms with Gasteiger partial charge in [-0.25, -0.2) is 4.79 Å². The van der Waals surface area contributed by atoms with Crippen molar-refractivity contribution in [2.45, 2.75) is 52.4 Å². The number of hydrogen-bond acceptors (Lipinski definition) is 6. The SMILES string of the molecule is CCOC(=O)C1OC1C(=O)NC(CC(C)C)C(=O)N1CCN(CC)CC1. The fourth-order valence-corrected chi connectivity index (χ4v) is 3.17. The Bertz CT molecular complexity index is 517. The summed E-state index contributed by atoms with van der Waals surface area (Å²) in [4.78, 5) is 41.0. The molecule has 0 aromatic rings. The number of carbonyl (C=O) groups is 3. The average Bonchev–Trinajstić information content (AvgIpc) is 3.41. The van der Waals surface area contributed by atoms with Crippen LogP contribution in [0.5, 0.6) is 0 Å². The Morgan fingerprint density at radius 2 is 1.77 bits per heavy atom. The van der Waals surface area contributed by atoms with Crippen LogP contribution >= 0.6 is 0 Å². The molecule has 26 heavy (non-hydrogen) atoms. The zero-order valence-electron chi connectivity index (χ0n) is 16.2. The Morgan fingerprint density at radius 3 is 2.31 bits per heavy atom. The van der Waals surface area contributed by atoms with E-state index in [0.29, 0.717) is 19.5 Å². The Morgan fingerprint density at radius 1 is 1.12 bits per heavy atom. The molecule has 0 aromatic carbocycles. The summed E-state index contributed by atoms with van der Waals surface area (Å²) in [6.45, 7) is 12.1. The van der Waals surface area contributed by atoms with Gasteiger partial charge in [-0.15, -0.1) is 0 Å². The molecule has 0 bridgehead atoms. The van der Waals surface area contributed by atoms with Crippen LogP contribution in [0.1, 0.15) is 34.1 Å². The molecule has 1 N–H and O–H groups in total. The Balaban J connectivity index is 1.92. The van der Waals surface area contributed by atoms with Crippen molar-refractivity contribution in [3.63, 3.8) is 0 Å². The van der Waals surface area contributed by atoms with Crippen LogP contribution in [0.2, 0.25) is 0 Å². The first-order chi connectivity index (χ1) is 12.4. The van der Waals surface area contributed by atoms with E-state index in [0.717, 1.165) is 19.6 Å². The molecule has 148 valence electrons. The maximum atomic E-state index is 12.9. The van der Waals surface area contributed by atoms with Crippen molar-refractivity contribution in [2.75, 3.05) is 39.3 Å². The van der Waals surface area contributed by atoms with Crippen molar-refractivity contribution in [3.8, 4) is 0 Å². The summed E-state index contributed by atoms with van der Waals surface area (Å²) < 4.78 is 9.99. The van der Waals surface area contributed by atoms with Gasteiger partial charge in [0.15, 0.2) is 12.2 Å². The van der Waals surface area contributed by atoms with Gasteiger partial charge in [-0.2, -0.15) is 0 Å². The number of likely N-dealkylation sites (N-methyl/N-ethyl adjacent to an activating group) is 1. The second-order valence-electron chi connectivity index (χ2n) is 7.18. The minimum atomic E-state index is -0.853. The molecule has 2 heterocycles. The largest absolute Gasteiger partial charge is 0.464 e. The van der Waals surface area contributed by atoms with E-state index < -0.39 is 30.1 Å². The molecular formula is C18H31N3O5. The molecule has 2 aliphatic heterocycles. The highest BCUT2D eigenvalue weighted by molar-refractivity contribution is 5.95. The summed E-state index contributed by atoms with van der Waals surface area (Å²) >= 11 is 0. The van der Waals surface area contributed by atoms with Crippen LogP contribution in [0.25, 0.3) is 0 Å². The molecule has 2 saturated heterocycles. The standard InChI is InChI=1S/C18H31N3O5/c1-5-20-7-9-21(10-8-20)17(23)13(11-12(3)4)19-16(22)14-15(26-14)18(24)25-6-2/h12-15H,5-11H2,1-4H3,(H,19,22). The van der Waals surface area contributed by atoms with Crippen LogP contribution in [0, 0.1) is 5.92 Å². The van der Waals surface area contributed by atoms with Gasteiger partial charge < -0.3 is 24.6 Å². The quantitative estimate of drug-likeness (QED) is 0.479. The molecule has 2 amide bonds. The van der Waals surface area contributed by atoms with Crippen molar-refractivity contribution >= 4 is 17.8 Å². The monoisotopic (exact) mass is 369 g/mol. The number of epoxide rings is 1. The van der Waals surface area contributed by atoms with Gasteiger partial charge in [0.05, 0.1) is 6.61 Å². The number of nitrogens with one attached hydrogen (secondary N) is 1. The fourth-order valence-electron chi connectivity index (χ4n) is 3.17. The third-order valence-corrected chi connectivity index (χ3v) is 4.72. The van der Waals surface area contributed by atoms with Crippen LogP contribution in [-0.4, -0.2) is 85.2 Å². The van der Waals surface area contributed by atoms with E-state index in [1.807, 2.05) is 18.7 Å². The lowest BCUT2D eigenvalue weighted by Crippen LogP contribution is -2.55. The summed E-state index contributed by atoms with van der Waals surface area (Å²) in [6.07, 6.45) is -1.15. The molecule has 2 fully saturated rings. The van der Waals surface area contributed by atoms with Gasteiger partial charge >= 0.3 is 5.97 Å². The van der Waals surface area contributed by atoms with E-state index in [1.54, 1.807) is 6.92 Å². The van der Waals surface area contributed by atoms with Crippen molar-refractivity contribution in [1.29, 1.82) is 0 Å². The normalized spacial score (nSPS) is 24.3. The zero-order chi connectivity index (χ0) is 19.3. The number of piperazine rings is 1.